The zero-order chi connectivity index (χ0) is 14.1. The minimum absolute atomic E-state index is 0.251. The van der Waals surface area contributed by atoms with E-state index in [1.54, 1.807) is 0 Å². The van der Waals surface area contributed by atoms with Gasteiger partial charge >= 0.3 is 0 Å². The van der Waals surface area contributed by atoms with Gasteiger partial charge in [-0.25, -0.2) is 0 Å². The van der Waals surface area contributed by atoms with Crippen LogP contribution < -0.4 is 10.1 Å². The van der Waals surface area contributed by atoms with Crippen LogP contribution in [0.25, 0.3) is 0 Å². The number of hydrogen-bond donors (Lipinski definition) is 3. The maximum atomic E-state index is 9.73. The molecule has 0 aliphatic rings. The van der Waals surface area contributed by atoms with Gasteiger partial charge in [-0.15, -0.1) is 0 Å². The van der Waals surface area contributed by atoms with Crippen LogP contribution in [0.15, 0.2) is 24.3 Å². The molecule has 1 aromatic carbocycles. The van der Waals surface area contributed by atoms with Crippen molar-refractivity contribution in [3.05, 3.63) is 29.8 Å². The number of rotatable bonds is 9. The van der Waals surface area contributed by atoms with Crippen molar-refractivity contribution in [3.63, 3.8) is 0 Å². The molecule has 0 heterocycles. The van der Waals surface area contributed by atoms with Crippen molar-refractivity contribution in [1.29, 1.82) is 0 Å². The lowest BCUT2D eigenvalue weighted by molar-refractivity contribution is 0.0991. The fourth-order valence-corrected chi connectivity index (χ4v) is 1.63. The van der Waals surface area contributed by atoms with Crippen molar-refractivity contribution in [2.45, 2.75) is 38.9 Å². The number of benzene rings is 1. The molecule has 0 aliphatic carbocycles. The Kier molecular flexibility index (Phi) is 7.48. The first-order chi connectivity index (χ1) is 9.15. The molecule has 0 saturated carbocycles. The predicted molar refractivity (Wildman–Crippen MR) is 76.5 cm³/mol. The third kappa shape index (κ3) is 6.57. The molecule has 0 aromatic heterocycles. The van der Waals surface area contributed by atoms with Crippen LogP contribution in [-0.4, -0.2) is 42.1 Å². The van der Waals surface area contributed by atoms with E-state index in [9.17, 15) is 10.2 Å². The summed E-state index contributed by atoms with van der Waals surface area (Å²) in [6, 6.07) is 7.88. The maximum absolute atomic E-state index is 9.73. The highest BCUT2D eigenvalue weighted by molar-refractivity contribution is 5.27. The second-order valence-corrected chi connectivity index (χ2v) is 4.68. The van der Waals surface area contributed by atoms with Gasteiger partial charge in [-0.1, -0.05) is 26.0 Å². The monoisotopic (exact) mass is 267 g/mol. The first-order valence-electron chi connectivity index (χ1n) is 6.94. The molecular formula is C15H25NO3. The molecule has 3 N–H and O–H groups in total. The smallest absolute Gasteiger partial charge is 0.119 e. The second kappa shape index (κ2) is 8.91. The van der Waals surface area contributed by atoms with E-state index in [4.69, 9.17) is 4.74 Å². The van der Waals surface area contributed by atoms with Gasteiger partial charge in [0, 0.05) is 13.1 Å². The Hall–Kier alpha value is -1.10. The predicted octanol–water partition coefficient (Wildman–Crippen LogP) is 1.35. The lowest BCUT2D eigenvalue weighted by Crippen LogP contribution is -2.35. The summed E-state index contributed by atoms with van der Waals surface area (Å²) >= 11 is 0. The molecule has 4 nitrogen and oxygen atoms in total. The molecule has 0 radical (unpaired) electrons. The normalized spacial score (nSPS) is 14.1. The Bertz CT molecular complexity index is 340. The fourth-order valence-electron chi connectivity index (χ4n) is 1.63. The molecule has 0 spiro atoms. The second-order valence-electron chi connectivity index (χ2n) is 4.68. The standard InChI is InChI=1S/C15H25NO3/c1-3-12-5-7-15(8-6-12)19-11-14(18)10-16-9-13(17)4-2/h5-8,13-14,16-18H,3-4,9-11H2,1-2H3. The minimum Gasteiger partial charge on any atom is -0.491 e. The van der Waals surface area contributed by atoms with Crippen LogP contribution in [0.3, 0.4) is 0 Å². The van der Waals surface area contributed by atoms with E-state index < -0.39 is 6.10 Å². The highest BCUT2D eigenvalue weighted by Gasteiger charge is 2.06. The van der Waals surface area contributed by atoms with Crippen LogP contribution in [0.5, 0.6) is 5.75 Å². The van der Waals surface area contributed by atoms with Gasteiger partial charge in [0.1, 0.15) is 18.5 Å². The molecule has 0 fully saturated rings. The van der Waals surface area contributed by atoms with Gasteiger partial charge in [0.25, 0.3) is 0 Å². The molecule has 19 heavy (non-hydrogen) atoms. The number of nitrogens with one attached hydrogen (secondary N) is 1. The Morgan fingerprint density at radius 2 is 1.68 bits per heavy atom. The fraction of sp³-hybridized carbons (Fsp3) is 0.600. The third-order valence-corrected chi connectivity index (χ3v) is 3.01. The van der Waals surface area contributed by atoms with E-state index in [1.165, 1.54) is 5.56 Å². The van der Waals surface area contributed by atoms with E-state index in [0.29, 0.717) is 19.5 Å². The van der Waals surface area contributed by atoms with E-state index in [-0.39, 0.29) is 12.7 Å². The third-order valence-electron chi connectivity index (χ3n) is 3.01. The highest BCUT2D eigenvalue weighted by Crippen LogP contribution is 2.12. The zero-order valence-corrected chi connectivity index (χ0v) is 11.8. The zero-order valence-electron chi connectivity index (χ0n) is 11.8. The van der Waals surface area contributed by atoms with Crippen LogP contribution in [0, 0.1) is 0 Å². The molecule has 1 rings (SSSR count). The lowest BCUT2D eigenvalue weighted by atomic mass is 10.2. The van der Waals surface area contributed by atoms with Gasteiger partial charge in [-0.2, -0.15) is 0 Å². The molecule has 0 amide bonds. The minimum atomic E-state index is -0.574. The van der Waals surface area contributed by atoms with Crippen LogP contribution in [0.4, 0.5) is 0 Å². The van der Waals surface area contributed by atoms with Gasteiger partial charge in [0.15, 0.2) is 0 Å². The molecule has 0 saturated heterocycles. The molecule has 4 heteroatoms. The lowest BCUT2D eigenvalue weighted by Gasteiger charge is -2.15. The van der Waals surface area contributed by atoms with E-state index in [0.717, 1.165) is 12.2 Å². The number of ether oxygens (including phenoxy) is 1. The van der Waals surface area contributed by atoms with Gasteiger partial charge in [-0.3, -0.25) is 0 Å². The van der Waals surface area contributed by atoms with E-state index in [1.807, 2.05) is 31.2 Å². The van der Waals surface area contributed by atoms with Gasteiger partial charge < -0.3 is 20.3 Å². The summed E-state index contributed by atoms with van der Waals surface area (Å²) in [5, 5.41) is 22.1. The van der Waals surface area contributed by atoms with Crippen molar-refractivity contribution < 1.29 is 14.9 Å². The number of hydrogen-bond acceptors (Lipinski definition) is 4. The molecular weight excluding hydrogens is 242 g/mol. The van der Waals surface area contributed by atoms with E-state index in [2.05, 4.69) is 12.2 Å². The summed E-state index contributed by atoms with van der Waals surface area (Å²) in [6.45, 7) is 5.20. The molecule has 108 valence electrons. The summed E-state index contributed by atoms with van der Waals surface area (Å²) in [5.41, 5.74) is 1.27. The van der Waals surface area contributed by atoms with Crippen molar-refractivity contribution in [2.75, 3.05) is 19.7 Å². The summed E-state index contributed by atoms with van der Waals surface area (Å²) in [7, 11) is 0. The molecule has 2 atom stereocenters. The van der Waals surface area contributed by atoms with Crippen molar-refractivity contribution in [2.24, 2.45) is 0 Å². The van der Waals surface area contributed by atoms with Gasteiger partial charge in [0.2, 0.25) is 0 Å². The first-order valence-corrected chi connectivity index (χ1v) is 6.94. The molecule has 0 bridgehead atoms. The Morgan fingerprint density at radius 1 is 1.05 bits per heavy atom. The largest absolute Gasteiger partial charge is 0.491 e. The summed E-state index contributed by atoms with van der Waals surface area (Å²) in [6.07, 6.45) is 0.792. The van der Waals surface area contributed by atoms with Crippen LogP contribution in [0.2, 0.25) is 0 Å². The molecule has 2 unspecified atom stereocenters. The SMILES string of the molecule is CCc1ccc(OCC(O)CNCC(O)CC)cc1. The van der Waals surface area contributed by atoms with Crippen molar-refractivity contribution >= 4 is 0 Å². The Labute approximate surface area is 115 Å². The Balaban J connectivity index is 2.20. The summed E-state index contributed by atoms with van der Waals surface area (Å²) in [5.74, 6) is 0.768. The van der Waals surface area contributed by atoms with Gasteiger partial charge in [0.05, 0.1) is 6.10 Å². The number of aliphatic hydroxyl groups is 2. The van der Waals surface area contributed by atoms with Crippen molar-refractivity contribution in [3.8, 4) is 5.75 Å². The summed E-state index contributed by atoms with van der Waals surface area (Å²) < 4.78 is 5.50. The highest BCUT2D eigenvalue weighted by atomic mass is 16.5. The van der Waals surface area contributed by atoms with Crippen LogP contribution in [-0.2, 0) is 6.42 Å². The van der Waals surface area contributed by atoms with Gasteiger partial charge in [-0.05, 0) is 30.5 Å². The summed E-state index contributed by atoms with van der Waals surface area (Å²) in [4.78, 5) is 0. The average molecular weight is 267 g/mol. The molecule has 0 aliphatic heterocycles. The van der Waals surface area contributed by atoms with Crippen LogP contribution in [0.1, 0.15) is 25.8 Å². The van der Waals surface area contributed by atoms with Crippen molar-refractivity contribution in [1.82, 2.24) is 5.32 Å². The Morgan fingerprint density at radius 3 is 2.26 bits per heavy atom. The first kappa shape index (κ1) is 16.0. The quantitative estimate of drug-likeness (QED) is 0.632. The van der Waals surface area contributed by atoms with E-state index >= 15 is 0 Å². The average Bonchev–Trinajstić information content (AvgIpc) is 2.45. The number of aliphatic hydroxyl groups excluding tert-OH is 2. The topological polar surface area (TPSA) is 61.7 Å². The maximum Gasteiger partial charge on any atom is 0.119 e. The van der Waals surface area contributed by atoms with Crippen LogP contribution >= 0.6 is 0 Å². The number of aryl methyl sites for hydroxylation is 1. The molecule has 1 aromatic rings.